The fourth-order valence-corrected chi connectivity index (χ4v) is 1.97. The van der Waals surface area contributed by atoms with E-state index in [-0.39, 0.29) is 12.7 Å². The van der Waals surface area contributed by atoms with Crippen LogP contribution in [0.2, 0.25) is 0 Å². The molecule has 0 atom stereocenters. The normalized spacial score (nSPS) is 12.5. The molecule has 98 valence electrons. The molecule has 1 aromatic heterocycles. The maximum Gasteiger partial charge on any atom is 0.253 e. The fraction of sp³-hybridized carbons (Fsp3) is 0.214. The molecule has 0 unspecified atom stereocenters. The largest absolute Gasteiger partial charge is 0.454 e. The molecule has 1 aromatic carbocycles. The molecule has 5 heteroatoms. The summed E-state index contributed by atoms with van der Waals surface area (Å²) in [5.74, 6) is 1.39. The third kappa shape index (κ3) is 2.40. The number of ether oxygens (including phenoxy) is 2. The van der Waals surface area contributed by atoms with Crippen LogP contribution in [0.25, 0.3) is 0 Å². The molecule has 0 saturated heterocycles. The summed E-state index contributed by atoms with van der Waals surface area (Å²) in [4.78, 5) is 11.9. The lowest BCUT2D eigenvalue weighted by Gasteiger charge is -2.05. The van der Waals surface area contributed by atoms with Gasteiger partial charge < -0.3 is 19.4 Å². The van der Waals surface area contributed by atoms with E-state index < -0.39 is 0 Å². The van der Waals surface area contributed by atoms with Crippen LogP contribution in [0.15, 0.2) is 36.7 Å². The van der Waals surface area contributed by atoms with Crippen LogP contribution < -0.4 is 14.8 Å². The van der Waals surface area contributed by atoms with E-state index in [0.717, 1.165) is 17.1 Å². The summed E-state index contributed by atoms with van der Waals surface area (Å²) < 4.78 is 12.4. The second-order valence-electron chi connectivity index (χ2n) is 4.44. The zero-order valence-corrected chi connectivity index (χ0v) is 10.6. The Labute approximate surface area is 110 Å². The molecule has 1 aliphatic heterocycles. The molecule has 0 radical (unpaired) electrons. The summed E-state index contributed by atoms with van der Waals surface area (Å²) in [6.45, 7) is 0.722. The molecule has 5 nitrogen and oxygen atoms in total. The quantitative estimate of drug-likeness (QED) is 0.911. The summed E-state index contributed by atoms with van der Waals surface area (Å²) >= 11 is 0. The van der Waals surface area contributed by atoms with Gasteiger partial charge in [-0.25, -0.2) is 0 Å². The van der Waals surface area contributed by atoms with Gasteiger partial charge in [-0.2, -0.15) is 0 Å². The molecule has 0 aliphatic carbocycles. The number of carbonyl (C=O) groups excluding carboxylic acids is 1. The molecule has 2 aromatic rings. The molecule has 0 spiro atoms. The van der Waals surface area contributed by atoms with Crippen LogP contribution in [0.5, 0.6) is 11.5 Å². The molecular weight excluding hydrogens is 244 g/mol. The average molecular weight is 258 g/mol. The van der Waals surface area contributed by atoms with E-state index in [1.165, 1.54) is 0 Å². The Morgan fingerprint density at radius 3 is 2.95 bits per heavy atom. The Bertz CT molecular complexity index is 619. The number of benzene rings is 1. The van der Waals surface area contributed by atoms with Gasteiger partial charge in [-0.3, -0.25) is 4.79 Å². The molecular formula is C14H14N2O3. The van der Waals surface area contributed by atoms with Gasteiger partial charge in [0.1, 0.15) is 0 Å². The lowest BCUT2D eigenvalue weighted by molar-refractivity contribution is 0.0951. The van der Waals surface area contributed by atoms with Crippen molar-refractivity contribution in [3.8, 4) is 11.5 Å². The molecule has 1 aliphatic rings. The van der Waals surface area contributed by atoms with E-state index in [2.05, 4.69) is 5.32 Å². The number of amides is 1. The van der Waals surface area contributed by atoms with Gasteiger partial charge in [0.2, 0.25) is 6.79 Å². The van der Waals surface area contributed by atoms with Crippen LogP contribution in [-0.2, 0) is 13.6 Å². The summed E-state index contributed by atoms with van der Waals surface area (Å²) in [5.41, 5.74) is 1.64. The second kappa shape index (κ2) is 4.68. The zero-order chi connectivity index (χ0) is 13.2. The number of hydrogen-bond acceptors (Lipinski definition) is 3. The van der Waals surface area contributed by atoms with Crippen molar-refractivity contribution < 1.29 is 14.3 Å². The molecule has 2 heterocycles. The standard InChI is InChI=1S/C14H14N2O3/c1-16-5-4-11(8-16)14(17)15-7-10-2-3-12-13(6-10)19-9-18-12/h2-6,8H,7,9H2,1H3,(H,15,17). The van der Waals surface area contributed by atoms with Crippen LogP contribution >= 0.6 is 0 Å². The van der Waals surface area contributed by atoms with E-state index in [9.17, 15) is 4.79 Å². The summed E-state index contributed by atoms with van der Waals surface area (Å²) in [6.07, 6.45) is 3.63. The molecule has 0 fully saturated rings. The number of hydrogen-bond donors (Lipinski definition) is 1. The minimum absolute atomic E-state index is 0.0849. The zero-order valence-electron chi connectivity index (χ0n) is 10.6. The smallest absolute Gasteiger partial charge is 0.253 e. The number of nitrogens with zero attached hydrogens (tertiary/aromatic N) is 1. The van der Waals surface area contributed by atoms with Gasteiger partial charge in [-0.15, -0.1) is 0 Å². The summed E-state index contributed by atoms with van der Waals surface area (Å²) in [6, 6.07) is 7.44. The highest BCUT2D eigenvalue weighted by molar-refractivity contribution is 5.93. The fourth-order valence-electron chi connectivity index (χ4n) is 1.97. The molecule has 0 bridgehead atoms. The van der Waals surface area contributed by atoms with E-state index in [0.29, 0.717) is 12.1 Å². The van der Waals surface area contributed by atoms with E-state index in [1.54, 1.807) is 12.3 Å². The topological polar surface area (TPSA) is 52.5 Å². The van der Waals surface area contributed by atoms with Gasteiger partial charge in [0.05, 0.1) is 5.56 Å². The van der Waals surface area contributed by atoms with Gasteiger partial charge in [0.15, 0.2) is 11.5 Å². The maximum atomic E-state index is 11.9. The van der Waals surface area contributed by atoms with Gasteiger partial charge in [0.25, 0.3) is 5.91 Å². The van der Waals surface area contributed by atoms with Crippen molar-refractivity contribution in [2.45, 2.75) is 6.54 Å². The first-order valence-corrected chi connectivity index (χ1v) is 6.01. The lowest BCUT2D eigenvalue weighted by Crippen LogP contribution is -2.22. The van der Waals surface area contributed by atoms with Crippen molar-refractivity contribution in [3.63, 3.8) is 0 Å². The molecule has 1 amide bonds. The Kier molecular flexibility index (Phi) is 2.87. The number of nitrogens with one attached hydrogen (secondary N) is 1. The minimum atomic E-state index is -0.0849. The second-order valence-corrected chi connectivity index (χ2v) is 4.44. The molecule has 19 heavy (non-hydrogen) atoms. The van der Waals surface area contributed by atoms with Gasteiger partial charge >= 0.3 is 0 Å². The van der Waals surface area contributed by atoms with Crippen LogP contribution in [0.4, 0.5) is 0 Å². The van der Waals surface area contributed by atoms with Crippen LogP contribution in [-0.4, -0.2) is 17.3 Å². The Hall–Kier alpha value is -2.43. The van der Waals surface area contributed by atoms with Crippen molar-refractivity contribution in [1.82, 2.24) is 9.88 Å². The number of fused-ring (bicyclic) bond motifs is 1. The number of carbonyl (C=O) groups is 1. The van der Waals surface area contributed by atoms with E-state index >= 15 is 0 Å². The van der Waals surface area contributed by atoms with E-state index in [4.69, 9.17) is 9.47 Å². The maximum absolute atomic E-state index is 11.9. The van der Waals surface area contributed by atoms with Crippen molar-refractivity contribution >= 4 is 5.91 Å². The summed E-state index contributed by atoms with van der Waals surface area (Å²) in [5, 5.41) is 2.87. The predicted octanol–water partition coefficient (Wildman–Crippen LogP) is 1.68. The first-order valence-electron chi connectivity index (χ1n) is 6.01. The monoisotopic (exact) mass is 258 g/mol. The van der Waals surface area contributed by atoms with E-state index in [1.807, 2.05) is 36.0 Å². The third-order valence-corrected chi connectivity index (χ3v) is 2.98. The number of aryl methyl sites for hydroxylation is 1. The number of aromatic nitrogens is 1. The average Bonchev–Trinajstić information content (AvgIpc) is 3.03. The molecule has 3 rings (SSSR count). The molecule has 1 N–H and O–H groups in total. The van der Waals surface area contributed by atoms with Gasteiger partial charge in [0, 0.05) is 26.0 Å². The molecule has 0 saturated carbocycles. The lowest BCUT2D eigenvalue weighted by atomic mass is 10.2. The van der Waals surface area contributed by atoms with Crippen LogP contribution in [0.3, 0.4) is 0 Å². The first kappa shape index (κ1) is 11.6. The summed E-state index contributed by atoms with van der Waals surface area (Å²) in [7, 11) is 1.88. The highest BCUT2D eigenvalue weighted by Crippen LogP contribution is 2.32. The van der Waals surface area contributed by atoms with Crippen LogP contribution in [0.1, 0.15) is 15.9 Å². The van der Waals surface area contributed by atoms with Gasteiger partial charge in [-0.1, -0.05) is 6.07 Å². The van der Waals surface area contributed by atoms with Gasteiger partial charge in [-0.05, 0) is 23.8 Å². The Morgan fingerprint density at radius 1 is 1.32 bits per heavy atom. The predicted molar refractivity (Wildman–Crippen MR) is 69.1 cm³/mol. The SMILES string of the molecule is Cn1ccc(C(=O)NCc2ccc3c(c2)OCO3)c1. The Balaban J connectivity index is 1.64. The third-order valence-electron chi connectivity index (χ3n) is 2.98. The minimum Gasteiger partial charge on any atom is -0.454 e. The van der Waals surface area contributed by atoms with Crippen LogP contribution in [0, 0.1) is 0 Å². The van der Waals surface area contributed by atoms with Crippen molar-refractivity contribution in [2.24, 2.45) is 7.05 Å². The first-order chi connectivity index (χ1) is 9.22. The Morgan fingerprint density at radius 2 is 2.16 bits per heavy atom. The van der Waals surface area contributed by atoms with Crippen molar-refractivity contribution in [3.05, 3.63) is 47.8 Å². The number of rotatable bonds is 3. The highest BCUT2D eigenvalue weighted by atomic mass is 16.7. The highest BCUT2D eigenvalue weighted by Gasteiger charge is 2.13. The van der Waals surface area contributed by atoms with Crippen molar-refractivity contribution in [1.29, 1.82) is 0 Å². The van der Waals surface area contributed by atoms with Crippen molar-refractivity contribution in [2.75, 3.05) is 6.79 Å².